The van der Waals surface area contributed by atoms with Crippen molar-refractivity contribution in [2.45, 2.75) is 26.8 Å². The van der Waals surface area contributed by atoms with Gasteiger partial charge < -0.3 is 5.32 Å². The molecule has 18 heavy (non-hydrogen) atoms. The Hall–Kier alpha value is -1.61. The van der Waals surface area contributed by atoms with Gasteiger partial charge >= 0.3 is 0 Å². The van der Waals surface area contributed by atoms with Gasteiger partial charge in [0.05, 0.1) is 6.20 Å². The zero-order valence-corrected chi connectivity index (χ0v) is 11.4. The van der Waals surface area contributed by atoms with Crippen molar-refractivity contribution in [3.63, 3.8) is 0 Å². The molecule has 1 aromatic heterocycles. The van der Waals surface area contributed by atoms with Gasteiger partial charge in [0.25, 0.3) is 0 Å². The van der Waals surface area contributed by atoms with E-state index < -0.39 is 0 Å². The molecule has 0 radical (unpaired) electrons. The fraction of sp³-hybridized carbons (Fsp3) is 0.400. The molecule has 1 heterocycles. The summed E-state index contributed by atoms with van der Waals surface area (Å²) in [6.07, 6.45) is 5.02. The highest BCUT2D eigenvalue weighted by Gasteiger charge is 1.98. The first-order valence-corrected chi connectivity index (χ1v) is 6.39. The number of hydrogen-bond donors (Lipinski definition) is 1. The largest absolute Gasteiger partial charge is 0.312 e. The number of nitrogens with zero attached hydrogens (tertiary/aromatic N) is 2. The Morgan fingerprint density at radius 2 is 2.00 bits per heavy atom. The second-order valence-corrected chi connectivity index (χ2v) is 4.87. The molecule has 1 N–H and O–H groups in total. The summed E-state index contributed by atoms with van der Waals surface area (Å²) < 4.78 is 1.85. The van der Waals surface area contributed by atoms with Crippen LogP contribution in [0.2, 0.25) is 0 Å². The molecule has 0 bridgehead atoms. The summed E-state index contributed by atoms with van der Waals surface area (Å²) in [6.45, 7) is 6.23. The van der Waals surface area contributed by atoms with Crippen LogP contribution in [0.15, 0.2) is 30.6 Å². The molecule has 0 saturated heterocycles. The average Bonchev–Trinajstić information content (AvgIpc) is 2.75. The molecule has 0 aliphatic heterocycles. The Bertz CT molecular complexity index is 514. The molecule has 3 nitrogen and oxygen atoms in total. The number of benzene rings is 1. The molecule has 1 aromatic carbocycles. The van der Waals surface area contributed by atoms with Gasteiger partial charge in [-0.05, 0) is 49.1 Å². The SMILES string of the molecule is Cc1ccc(CNCCc2cnn(C)c2)cc1C. The van der Waals surface area contributed by atoms with E-state index in [1.807, 2.05) is 17.9 Å². The summed E-state index contributed by atoms with van der Waals surface area (Å²) in [5.41, 5.74) is 5.35. The van der Waals surface area contributed by atoms with Gasteiger partial charge in [0.1, 0.15) is 0 Å². The molecule has 0 aliphatic rings. The van der Waals surface area contributed by atoms with Crippen LogP contribution in [0.4, 0.5) is 0 Å². The number of hydrogen-bond acceptors (Lipinski definition) is 2. The van der Waals surface area contributed by atoms with Crippen molar-refractivity contribution in [1.29, 1.82) is 0 Å². The molecule has 0 aliphatic carbocycles. The van der Waals surface area contributed by atoms with Gasteiger partial charge in [-0.15, -0.1) is 0 Å². The van der Waals surface area contributed by atoms with Crippen LogP contribution in [-0.4, -0.2) is 16.3 Å². The van der Waals surface area contributed by atoms with Crippen molar-refractivity contribution < 1.29 is 0 Å². The number of rotatable bonds is 5. The second-order valence-electron chi connectivity index (χ2n) is 4.87. The third kappa shape index (κ3) is 3.44. The lowest BCUT2D eigenvalue weighted by molar-refractivity contribution is 0.686. The molecule has 0 amide bonds. The Labute approximate surface area is 109 Å². The maximum Gasteiger partial charge on any atom is 0.0522 e. The van der Waals surface area contributed by atoms with E-state index in [1.165, 1.54) is 22.3 Å². The van der Waals surface area contributed by atoms with E-state index in [-0.39, 0.29) is 0 Å². The lowest BCUT2D eigenvalue weighted by Gasteiger charge is -2.06. The smallest absolute Gasteiger partial charge is 0.0522 e. The minimum absolute atomic E-state index is 0.932. The first-order chi connectivity index (χ1) is 8.65. The monoisotopic (exact) mass is 243 g/mol. The second kappa shape index (κ2) is 5.83. The van der Waals surface area contributed by atoms with Crippen LogP contribution < -0.4 is 5.32 Å². The van der Waals surface area contributed by atoms with Crippen LogP contribution >= 0.6 is 0 Å². The van der Waals surface area contributed by atoms with Crippen molar-refractivity contribution in [3.05, 3.63) is 52.8 Å². The molecule has 96 valence electrons. The van der Waals surface area contributed by atoms with Gasteiger partial charge in [0.2, 0.25) is 0 Å². The van der Waals surface area contributed by atoms with Gasteiger partial charge in [-0.3, -0.25) is 4.68 Å². The highest BCUT2D eigenvalue weighted by molar-refractivity contribution is 5.29. The first kappa shape index (κ1) is 12.8. The molecule has 3 heteroatoms. The predicted octanol–water partition coefficient (Wildman–Crippen LogP) is 2.37. The van der Waals surface area contributed by atoms with E-state index >= 15 is 0 Å². The van der Waals surface area contributed by atoms with Crippen molar-refractivity contribution in [3.8, 4) is 0 Å². The van der Waals surface area contributed by atoms with Crippen LogP contribution in [-0.2, 0) is 20.0 Å². The highest BCUT2D eigenvalue weighted by atomic mass is 15.2. The Morgan fingerprint density at radius 3 is 2.67 bits per heavy atom. The summed E-state index contributed by atoms with van der Waals surface area (Å²) in [7, 11) is 1.95. The van der Waals surface area contributed by atoms with Crippen molar-refractivity contribution >= 4 is 0 Å². The van der Waals surface area contributed by atoms with Crippen LogP contribution in [0.1, 0.15) is 22.3 Å². The number of aryl methyl sites for hydroxylation is 3. The summed E-state index contributed by atoms with van der Waals surface area (Å²) in [4.78, 5) is 0. The molecule has 2 rings (SSSR count). The van der Waals surface area contributed by atoms with Crippen molar-refractivity contribution in [1.82, 2.24) is 15.1 Å². The third-order valence-corrected chi connectivity index (χ3v) is 3.25. The number of nitrogens with one attached hydrogen (secondary N) is 1. The maximum absolute atomic E-state index is 4.16. The lowest BCUT2D eigenvalue weighted by Crippen LogP contribution is -2.16. The first-order valence-electron chi connectivity index (χ1n) is 6.39. The minimum Gasteiger partial charge on any atom is -0.312 e. The predicted molar refractivity (Wildman–Crippen MR) is 74.5 cm³/mol. The average molecular weight is 243 g/mol. The molecular formula is C15H21N3. The van der Waals surface area contributed by atoms with Crippen LogP contribution in [0.3, 0.4) is 0 Å². The third-order valence-electron chi connectivity index (χ3n) is 3.25. The van der Waals surface area contributed by atoms with E-state index in [9.17, 15) is 0 Å². The zero-order chi connectivity index (χ0) is 13.0. The normalized spacial score (nSPS) is 10.8. The van der Waals surface area contributed by atoms with E-state index in [4.69, 9.17) is 0 Å². The highest BCUT2D eigenvalue weighted by Crippen LogP contribution is 2.09. The zero-order valence-electron chi connectivity index (χ0n) is 11.4. The quantitative estimate of drug-likeness (QED) is 0.817. The summed E-state index contributed by atoms with van der Waals surface area (Å²) in [5, 5.41) is 7.63. The molecule has 0 fully saturated rings. The Morgan fingerprint density at radius 1 is 1.17 bits per heavy atom. The molecule has 2 aromatic rings. The fourth-order valence-electron chi connectivity index (χ4n) is 1.98. The van der Waals surface area contributed by atoms with Gasteiger partial charge in [-0.1, -0.05) is 18.2 Å². The standard InChI is InChI=1S/C15H21N3/c1-12-4-5-14(8-13(12)2)9-16-7-6-15-10-17-18(3)11-15/h4-5,8,10-11,16H,6-7,9H2,1-3H3. The van der Waals surface area contributed by atoms with Gasteiger partial charge in [-0.2, -0.15) is 5.10 Å². The molecular weight excluding hydrogens is 222 g/mol. The lowest BCUT2D eigenvalue weighted by atomic mass is 10.1. The fourth-order valence-corrected chi connectivity index (χ4v) is 1.98. The summed E-state index contributed by atoms with van der Waals surface area (Å²) in [6, 6.07) is 6.64. The molecule has 0 unspecified atom stereocenters. The van der Waals surface area contributed by atoms with E-state index in [1.54, 1.807) is 0 Å². The van der Waals surface area contributed by atoms with Crippen LogP contribution in [0.25, 0.3) is 0 Å². The van der Waals surface area contributed by atoms with Crippen LogP contribution in [0, 0.1) is 13.8 Å². The Balaban J connectivity index is 1.76. The minimum atomic E-state index is 0.932. The van der Waals surface area contributed by atoms with E-state index in [2.05, 4.69) is 48.7 Å². The van der Waals surface area contributed by atoms with E-state index in [0.29, 0.717) is 0 Å². The summed E-state index contributed by atoms with van der Waals surface area (Å²) >= 11 is 0. The van der Waals surface area contributed by atoms with Gasteiger partial charge in [0.15, 0.2) is 0 Å². The topological polar surface area (TPSA) is 29.9 Å². The number of aromatic nitrogens is 2. The molecule has 0 saturated carbocycles. The molecule has 0 spiro atoms. The maximum atomic E-state index is 4.16. The Kier molecular flexibility index (Phi) is 4.15. The summed E-state index contributed by atoms with van der Waals surface area (Å²) in [5.74, 6) is 0. The van der Waals surface area contributed by atoms with Crippen LogP contribution in [0.5, 0.6) is 0 Å². The van der Waals surface area contributed by atoms with Crippen molar-refractivity contribution in [2.24, 2.45) is 7.05 Å². The van der Waals surface area contributed by atoms with E-state index in [0.717, 1.165) is 19.5 Å². The van der Waals surface area contributed by atoms with Crippen molar-refractivity contribution in [2.75, 3.05) is 6.54 Å². The van der Waals surface area contributed by atoms with Gasteiger partial charge in [-0.25, -0.2) is 0 Å². The van der Waals surface area contributed by atoms with Gasteiger partial charge in [0, 0.05) is 19.8 Å². The molecule has 0 atom stereocenters.